The highest BCUT2D eigenvalue weighted by Gasteiger charge is 2.22. The Morgan fingerprint density at radius 3 is 1.67 bits per heavy atom. The smallest absolute Gasteiger partial charge is 0.305 e. The molecule has 0 saturated heterocycles. The van der Waals surface area contributed by atoms with E-state index in [0.29, 0.717) is 18.4 Å². The van der Waals surface area contributed by atoms with Gasteiger partial charge in [-0.05, 0) is 69.2 Å². The summed E-state index contributed by atoms with van der Waals surface area (Å²) in [6.07, 6.45) is 2.56. The zero-order valence-electron chi connectivity index (χ0n) is 24.2. The molecule has 0 saturated carbocycles. The van der Waals surface area contributed by atoms with Gasteiger partial charge in [0.25, 0.3) is 16.0 Å². The number of nitrogens with zero attached hydrogens (tertiary/aromatic N) is 1. The molecule has 0 aliphatic carbocycles. The van der Waals surface area contributed by atoms with Crippen molar-refractivity contribution in [3.05, 3.63) is 106 Å². The van der Waals surface area contributed by atoms with Gasteiger partial charge in [-0.2, -0.15) is 8.42 Å². The summed E-state index contributed by atoms with van der Waals surface area (Å²) in [7, 11) is -4.21. The van der Waals surface area contributed by atoms with Crippen molar-refractivity contribution < 1.29 is 32.5 Å². The van der Waals surface area contributed by atoms with E-state index in [1.54, 1.807) is 24.3 Å². The van der Waals surface area contributed by atoms with Crippen LogP contribution in [0.25, 0.3) is 0 Å². The van der Waals surface area contributed by atoms with Crippen LogP contribution < -0.4 is 0 Å². The molecule has 3 rings (SSSR count). The number of benzene rings is 3. The summed E-state index contributed by atoms with van der Waals surface area (Å²) in [5.41, 5.74) is 5.46. The molecular weight excluding hydrogens is 554 g/mol. The van der Waals surface area contributed by atoms with Gasteiger partial charge in [-0.3, -0.25) is 18.9 Å². The first-order chi connectivity index (χ1) is 19.9. The second kappa shape index (κ2) is 15.4. The molecule has 3 aromatic carbocycles. The average Bonchev–Trinajstić information content (AvgIpc) is 2.95. The van der Waals surface area contributed by atoms with Crippen LogP contribution in [0.5, 0.6) is 0 Å². The monoisotopic (exact) mass is 593 g/mol. The fourth-order valence-corrected chi connectivity index (χ4v) is 5.27. The number of hydrogen-bond acceptors (Lipinski definition) is 5. The second-order valence-corrected chi connectivity index (χ2v) is 12.3. The van der Waals surface area contributed by atoms with Crippen LogP contribution in [0.1, 0.15) is 68.7 Å². The van der Waals surface area contributed by atoms with Crippen molar-refractivity contribution in [1.29, 1.82) is 0 Å². The van der Waals surface area contributed by atoms with Gasteiger partial charge in [0.1, 0.15) is 0 Å². The van der Waals surface area contributed by atoms with E-state index in [1.165, 1.54) is 27.2 Å². The molecule has 42 heavy (non-hydrogen) atoms. The molecule has 0 atom stereocenters. The number of carboxylic acids is 1. The third-order valence-electron chi connectivity index (χ3n) is 7.30. The molecule has 0 bridgehead atoms. The van der Waals surface area contributed by atoms with Crippen molar-refractivity contribution >= 4 is 27.8 Å². The maximum atomic E-state index is 13.7. The van der Waals surface area contributed by atoms with Crippen molar-refractivity contribution in [2.75, 3.05) is 18.8 Å². The summed E-state index contributed by atoms with van der Waals surface area (Å²) < 4.78 is 31.2. The molecule has 0 unspecified atom stereocenters. The SMILES string of the molecule is Cc1ccc(CCC(CCc2ccc(C)cc2)C(=O)c2ccc(C(=O)N(CCCS(=O)(=O)O)CCC(=O)O)cc2)cc1. The lowest BCUT2D eigenvalue weighted by molar-refractivity contribution is -0.137. The minimum Gasteiger partial charge on any atom is -0.481 e. The number of carbonyl (C=O) groups excluding carboxylic acids is 2. The Labute approximate surface area is 248 Å². The molecule has 9 heteroatoms. The topological polar surface area (TPSA) is 129 Å². The molecule has 0 aliphatic rings. The third-order valence-corrected chi connectivity index (χ3v) is 8.11. The Bertz CT molecular complexity index is 1400. The predicted molar refractivity (Wildman–Crippen MR) is 162 cm³/mol. The predicted octanol–water partition coefficient (Wildman–Crippen LogP) is 5.56. The summed E-state index contributed by atoms with van der Waals surface area (Å²) >= 11 is 0. The van der Waals surface area contributed by atoms with E-state index in [4.69, 9.17) is 9.66 Å². The van der Waals surface area contributed by atoms with Gasteiger partial charge in [-0.1, -0.05) is 71.8 Å². The van der Waals surface area contributed by atoms with Gasteiger partial charge >= 0.3 is 5.97 Å². The molecule has 1 amide bonds. The first-order valence-electron chi connectivity index (χ1n) is 14.1. The Kier molecular flexibility index (Phi) is 12.0. The van der Waals surface area contributed by atoms with Crippen molar-refractivity contribution in [2.45, 2.75) is 52.4 Å². The Morgan fingerprint density at radius 2 is 1.21 bits per heavy atom. The van der Waals surface area contributed by atoms with E-state index in [2.05, 4.69) is 48.5 Å². The van der Waals surface area contributed by atoms with E-state index >= 15 is 0 Å². The largest absolute Gasteiger partial charge is 0.481 e. The summed E-state index contributed by atoms with van der Waals surface area (Å²) in [4.78, 5) is 39.2. The number of hydrogen-bond donors (Lipinski definition) is 2. The number of carbonyl (C=O) groups is 3. The van der Waals surface area contributed by atoms with E-state index in [-0.39, 0.29) is 43.2 Å². The molecule has 0 heterocycles. The number of amides is 1. The van der Waals surface area contributed by atoms with Crippen LogP contribution in [-0.2, 0) is 27.8 Å². The van der Waals surface area contributed by atoms with Crippen LogP contribution in [0.2, 0.25) is 0 Å². The highest BCUT2D eigenvalue weighted by Crippen LogP contribution is 2.23. The van der Waals surface area contributed by atoms with Gasteiger partial charge in [0.2, 0.25) is 0 Å². The molecule has 8 nitrogen and oxygen atoms in total. The number of rotatable bonds is 16. The zero-order valence-corrected chi connectivity index (χ0v) is 25.0. The van der Waals surface area contributed by atoms with E-state index in [0.717, 1.165) is 12.8 Å². The molecule has 0 aliphatic heterocycles. The van der Waals surface area contributed by atoms with Gasteiger partial charge in [-0.15, -0.1) is 0 Å². The summed E-state index contributed by atoms with van der Waals surface area (Å²) in [5.74, 6) is -2.32. The highest BCUT2D eigenvalue weighted by molar-refractivity contribution is 7.85. The average molecular weight is 594 g/mol. The van der Waals surface area contributed by atoms with E-state index in [9.17, 15) is 22.8 Å². The van der Waals surface area contributed by atoms with Crippen molar-refractivity contribution in [3.8, 4) is 0 Å². The molecule has 2 N–H and O–H groups in total. The van der Waals surface area contributed by atoms with E-state index < -0.39 is 27.7 Å². The fraction of sp³-hybridized carbons (Fsp3) is 0.364. The van der Waals surface area contributed by atoms with Gasteiger partial charge in [0, 0.05) is 30.1 Å². The molecule has 0 aromatic heterocycles. The van der Waals surface area contributed by atoms with Gasteiger partial charge in [-0.25, -0.2) is 0 Å². The number of ketones is 1. The molecule has 224 valence electrons. The number of Topliss-reactive ketones (excluding diaryl/α,β-unsaturated/α-hetero) is 1. The van der Waals surface area contributed by atoms with Crippen LogP contribution in [-0.4, -0.2) is 59.5 Å². The minimum absolute atomic E-state index is 0.00380. The van der Waals surface area contributed by atoms with Crippen LogP contribution in [0.3, 0.4) is 0 Å². The maximum Gasteiger partial charge on any atom is 0.305 e. The second-order valence-electron chi connectivity index (χ2n) is 10.8. The molecular formula is C33H39NO7S. The zero-order chi connectivity index (χ0) is 30.7. The van der Waals surface area contributed by atoms with Gasteiger partial charge < -0.3 is 10.0 Å². The number of aliphatic carboxylic acids is 1. The van der Waals surface area contributed by atoms with Crippen molar-refractivity contribution in [1.82, 2.24) is 4.90 Å². The maximum absolute atomic E-state index is 13.7. The van der Waals surface area contributed by atoms with Gasteiger partial charge in [0.15, 0.2) is 5.78 Å². The lowest BCUT2D eigenvalue weighted by atomic mass is 9.86. The Balaban J connectivity index is 1.74. The number of aryl methyl sites for hydroxylation is 4. The van der Waals surface area contributed by atoms with Crippen molar-refractivity contribution in [3.63, 3.8) is 0 Å². The molecule has 0 spiro atoms. The van der Waals surface area contributed by atoms with Gasteiger partial charge in [0.05, 0.1) is 12.2 Å². The lowest BCUT2D eigenvalue weighted by Crippen LogP contribution is -2.34. The third kappa shape index (κ3) is 10.9. The standard InChI is InChI=1S/C33H39NO7S/c1-24-4-8-26(9-5-24)12-14-28(15-13-27-10-6-25(2)7-11-27)32(37)29-16-18-30(19-17-29)33(38)34(22-20-31(35)36)21-3-23-42(39,40)41/h4-11,16-19,28H,3,12-15,20-23H2,1-2H3,(H,35,36)(H,39,40,41). The Morgan fingerprint density at radius 1 is 0.738 bits per heavy atom. The number of carboxylic acid groups (broad SMARTS) is 1. The van der Waals surface area contributed by atoms with Crippen LogP contribution in [0.4, 0.5) is 0 Å². The lowest BCUT2D eigenvalue weighted by Gasteiger charge is -2.22. The first-order valence-corrected chi connectivity index (χ1v) is 15.7. The summed E-state index contributed by atoms with van der Waals surface area (Å²) in [6.45, 7) is 3.93. The molecule has 3 aromatic rings. The molecule has 0 radical (unpaired) electrons. The normalized spacial score (nSPS) is 11.4. The van der Waals surface area contributed by atoms with E-state index in [1.807, 2.05) is 13.8 Å². The minimum atomic E-state index is -4.21. The van der Waals surface area contributed by atoms with Crippen LogP contribution in [0.15, 0.2) is 72.8 Å². The van der Waals surface area contributed by atoms with Crippen LogP contribution in [0, 0.1) is 19.8 Å². The summed E-state index contributed by atoms with van der Waals surface area (Å²) in [5, 5.41) is 9.06. The van der Waals surface area contributed by atoms with Crippen LogP contribution >= 0.6 is 0 Å². The highest BCUT2D eigenvalue weighted by atomic mass is 32.2. The fourth-order valence-electron chi connectivity index (χ4n) is 4.78. The van der Waals surface area contributed by atoms with Crippen molar-refractivity contribution in [2.24, 2.45) is 5.92 Å². The quantitative estimate of drug-likeness (QED) is 0.164. The summed E-state index contributed by atoms with van der Waals surface area (Å²) in [6, 6.07) is 22.9. The first kappa shape index (κ1) is 32.7. The molecule has 0 fully saturated rings. The Hall–Kier alpha value is -3.82.